The van der Waals surface area contributed by atoms with Gasteiger partial charge in [0.15, 0.2) is 0 Å². The van der Waals surface area contributed by atoms with E-state index in [1.165, 1.54) is 19.3 Å². The van der Waals surface area contributed by atoms with E-state index < -0.39 is 0 Å². The Balaban J connectivity index is 1.80. The van der Waals surface area contributed by atoms with Crippen molar-refractivity contribution in [2.45, 2.75) is 49.3 Å². The van der Waals surface area contributed by atoms with Crippen LogP contribution in [0.15, 0.2) is 58.3 Å². The number of benzene rings is 2. The third-order valence-electron chi connectivity index (χ3n) is 4.72. The number of anilines is 2. The van der Waals surface area contributed by atoms with Gasteiger partial charge in [-0.3, -0.25) is 4.90 Å². The summed E-state index contributed by atoms with van der Waals surface area (Å²) in [6.07, 6.45) is 4.70. The summed E-state index contributed by atoms with van der Waals surface area (Å²) in [5.41, 5.74) is 1.93. The molecule has 0 saturated carbocycles. The summed E-state index contributed by atoms with van der Waals surface area (Å²) in [6, 6.07) is 16.2. The first kappa shape index (κ1) is 17.9. The van der Waals surface area contributed by atoms with Gasteiger partial charge in [0.1, 0.15) is 0 Å². The Morgan fingerprint density at radius 1 is 1.04 bits per heavy atom. The number of hydrogen-bond donors (Lipinski definition) is 1. The fraction of sp³-hybridized carbons (Fsp3) is 0.381. The zero-order valence-electron chi connectivity index (χ0n) is 15.0. The third-order valence-corrected chi connectivity index (χ3v) is 5.85. The van der Waals surface area contributed by atoms with Crippen molar-refractivity contribution in [2.75, 3.05) is 11.4 Å². The van der Waals surface area contributed by atoms with Crippen LogP contribution >= 0.6 is 11.8 Å². The van der Waals surface area contributed by atoms with Crippen molar-refractivity contribution in [2.24, 2.45) is 5.92 Å². The molecule has 25 heavy (non-hydrogen) atoms. The van der Waals surface area contributed by atoms with E-state index in [1.807, 2.05) is 41.3 Å². The van der Waals surface area contributed by atoms with Crippen molar-refractivity contribution in [3.8, 4) is 0 Å². The second kappa shape index (κ2) is 8.43. The van der Waals surface area contributed by atoms with Gasteiger partial charge in [-0.1, -0.05) is 69.1 Å². The van der Waals surface area contributed by atoms with E-state index in [4.69, 9.17) is 0 Å². The first-order chi connectivity index (χ1) is 12.2. The minimum Gasteiger partial charge on any atom is -0.337 e. The molecule has 0 fully saturated rings. The van der Waals surface area contributed by atoms with E-state index in [9.17, 15) is 4.79 Å². The summed E-state index contributed by atoms with van der Waals surface area (Å²) in [5.74, 6) is 0.550. The molecule has 0 bridgehead atoms. The van der Waals surface area contributed by atoms with Crippen LogP contribution in [0.3, 0.4) is 0 Å². The number of amides is 2. The fourth-order valence-electron chi connectivity index (χ4n) is 3.18. The van der Waals surface area contributed by atoms with Gasteiger partial charge < -0.3 is 5.32 Å². The van der Waals surface area contributed by atoms with Crippen LogP contribution in [0.25, 0.3) is 0 Å². The van der Waals surface area contributed by atoms with E-state index >= 15 is 0 Å². The quantitative estimate of drug-likeness (QED) is 0.668. The van der Waals surface area contributed by atoms with Crippen molar-refractivity contribution in [1.29, 1.82) is 0 Å². The molecular weight excluding hydrogens is 328 g/mol. The van der Waals surface area contributed by atoms with Crippen molar-refractivity contribution in [1.82, 2.24) is 5.32 Å². The van der Waals surface area contributed by atoms with Gasteiger partial charge in [-0.15, -0.1) is 0 Å². The molecule has 1 N–H and O–H groups in total. The number of nitrogens with zero attached hydrogens (tertiary/aromatic N) is 1. The predicted molar refractivity (Wildman–Crippen MR) is 106 cm³/mol. The number of urea groups is 1. The number of hydrogen-bond acceptors (Lipinski definition) is 2. The summed E-state index contributed by atoms with van der Waals surface area (Å²) >= 11 is 1.72. The number of nitrogens with one attached hydrogen (secondary N) is 1. The average molecular weight is 355 g/mol. The van der Waals surface area contributed by atoms with Crippen molar-refractivity contribution < 1.29 is 4.79 Å². The minimum atomic E-state index is -0.0323. The number of para-hydroxylation sites is 2. The molecule has 0 saturated heterocycles. The second-order valence-electron chi connectivity index (χ2n) is 6.48. The van der Waals surface area contributed by atoms with E-state index in [0.717, 1.165) is 34.1 Å². The average Bonchev–Trinajstić information content (AvgIpc) is 2.66. The van der Waals surface area contributed by atoms with E-state index in [1.54, 1.807) is 11.8 Å². The lowest BCUT2D eigenvalue weighted by molar-refractivity contribution is 0.245. The fourth-order valence-corrected chi connectivity index (χ4v) is 4.24. The molecule has 132 valence electrons. The maximum atomic E-state index is 13.0. The summed E-state index contributed by atoms with van der Waals surface area (Å²) < 4.78 is 0. The van der Waals surface area contributed by atoms with Crippen LogP contribution in [0.2, 0.25) is 0 Å². The van der Waals surface area contributed by atoms with Gasteiger partial charge >= 0.3 is 6.03 Å². The minimum absolute atomic E-state index is 0.0323. The Morgan fingerprint density at radius 3 is 2.20 bits per heavy atom. The van der Waals surface area contributed by atoms with Gasteiger partial charge in [-0.05, 0) is 36.6 Å². The number of rotatable bonds is 6. The van der Waals surface area contributed by atoms with Gasteiger partial charge in [0.2, 0.25) is 0 Å². The molecule has 2 amide bonds. The Hall–Kier alpha value is -1.94. The SMILES string of the molecule is CCCCC(CC)CNC(=O)N1c2ccccc2Sc2ccccc21. The molecular formula is C21H26N2OS. The van der Waals surface area contributed by atoms with Gasteiger partial charge in [0.05, 0.1) is 11.4 Å². The predicted octanol–water partition coefficient (Wildman–Crippen LogP) is 6.22. The van der Waals surface area contributed by atoms with E-state index in [-0.39, 0.29) is 6.03 Å². The first-order valence-corrected chi connectivity index (χ1v) is 10.00. The number of fused-ring (bicyclic) bond motifs is 2. The van der Waals surface area contributed by atoms with Gasteiger partial charge in [0, 0.05) is 16.3 Å². The number of unbranched alkanes of at least 4 members (excludes halogenated alkanes) is 1. The smallest absolute Gasteiger partial charge is 0.326 e. The lowest BCUT2D eigenvalue weighted by Gasteiger charge is -2.31. The van der Waals surface area contributed by atoms with Gasteiger partial charge in [0.25, 0.3) is 0 Å². The lowest BCUT2D eigenvalue weighted by Crippen LogP contribution is -2.40. The highest BCUT2D eigenvalue weighted by atomic mass is 32.2. The second-order valence-corrected chi connectivity index (χ2v) is 7.56. The molecule has 1 aliphatic heterocycles. The lowest BCUT2D eigenvalue weighted by atomic mass is 9.99. The van der Waals surface area contributed by atoms with E-state index in [2.05, 4.69) is 31.3 Å². The summed E-state index contributed by atoms with van der Waals surface area (Å²) in [6.45, 7) is 5.16. The number of carbonyl (C=O) groups excluding carboxylic acids is 1. The normalized spacial score (nSPS) is 13.8. The van der Waals surface area contributed by atoms with Crippen molar-refractivity contribution in [3.05, 3.63) is 48.5 Å². The summed E-state index contributed by atoms with van der Waals surface area (Å²) in [7, 11) is 0. The maximum absolute atomic E-state index is 13.0. The number of carbonyl (C=O) groups is 1. The molecule has 3 nitrogen and oxygen atoms in total. The molecule has 2 aromatic rings. The van der Waals surface area contributed by atoms with Crippen LogP contribution in [-0.4, -0.2) is 12.6 Å². The molecule has 1 heterocycles. The van der Waals surface area contributed by atoms with Crippen molar-refractivity contribution >= 4 is 29.2 Å². The van der Waals surface area contributed by atoms with Gasteiger partial charge in [-0.25, -0.2) is 4.79 Å². The Morgan fingerprint density at radius 2 is 1.64 bits per heavy atom. The zero-order valence-corrected chi connectivity index (χ0v) is 15.8. The maximum Gasteiger partial charge on any atom is 0.326 e. The Bertz CT molecular complexity index is 686. The van der Waals surface area contributed by atoms with Crippen LogP contribution in [-0.2, 0) is 0 Å². The van der Waals surface area contributed by atoms with Crippen molar-refractivity contribution in [3.63, 3.8) is 0 Å². The molecule has 1 atom stereocenters. The van der Waals surface area contributed by atoms with Gasteiger partial charge in [-0.2, -0.15) is 0 Å². The Kier molecular flexibility index (Phi) is 6.03. The van der Waals surface area contributed by atoms with Crippen LogP contribution in [0, 0.1) is 5.92 Å². The van der Waals surface area contributed by atoms with Crippen LogP contribution in [0.5, 0.6) is 0 Å². The first-order valence-electron chi connectivity index (χ1n) is 9.18. The molecule has 0 aromatic heterocycles. The molecule has 3 rings (SSSR count). The molecule has 0 radical (unpaired) electrons. The molecule has 4 heteroatoms. The largest absolute Gasteiger partial charge is 0.337 e. The highest BCUT2D eigenvalue weighted by molar-refractivity contribution is 7.99. The molecule has 1 unspecified atom stereocenters. The van der Waals surface area contributed by atoms with Crippen LogP contribution < -0.4 is 10.2 Å². The molecule has 2 aromatic carbocycles. The zero-order chi connectivity index (χ0) is 17.6. The third kappa shape index (κ3) is 4.01. The highest BCUT2D eigenvalue weighted by Crippen LogP contribution is 2.47. The van der Waals surface area contributed by atoms with Crippen LogP contribution in [0.1, 0.15) is 39.5 Å². The van der Waals surface area contributed by atoms with E-state index in [0.29, 0.717) is 5.92 Å². The topological polar surface area (TPSA) is 32.3 Å². The standard InChI is InChI=1S/C21H26N2OS/c1-3-5-10-16(4-2)15-22-21(24)23-17-11-6-8-13-19(17)25-20-14-9-7-12-18(20)23/h6-9,11-14,16H,3-5,10,15H2,1-2H3,(H,22,24). The molecule has 0 aliphatic carbocycles. The molecule has 1 aliphatic rings. The summed E-state index contributed by atoms with van der Waals surface area (Å²) in [5, 5.41) is 3.17. The Labute approximate surface area is 154 Å². The molecule has 0 spiro atoms. The summed E-state index contributed by atoms with van der Waals surface area (Å²) in [4.78, 5) is 17.1. The highest BCUT2D eigenvalue weighted by Gasteiger charge is 2.27. The monoisotopic (exact) mass is 354 g/mol. The van der Waals surface area contributed by atoms with Crippen LogP contribution in [0.4, 0.5) is 16.2 Å².